The summed E-state index contributed by atoms with van der Waals surface area (Å²) < 4.78 is 21.4. The predicted molar refractivity (Wildman–Crippen MR) is 150 cm³/mol. The second-order valence-electron chi connectivity index (χ2n) is 11.2. The van der Waals surface area contributed by atoms with Gasteiger partial charge in [-0.2, -0.15) is 10.4 Å². The number of hydrogen-bond acceptors (Lipinski definition) is 9. The lowest BCUT2D eigenvalue weighted by Crippen LogP contribution is -2.66. The molecule has 1 atom stereocenters. The Morgan fingerprint density at radius 2 is 2.00 bits per heavy atom. The number of nitriles is 1. The number of aliphatic hydroxyl groups is 1. The summed E-state index contributed by atoms with van der Waals surface area (Å²) in [4.78, 5) is 24.4. The Balaban J connectivity index is 1.28. The number of anilines is 3. The van der Waals surface area contributed by atoms with Gasteiger partial charge in [0.2, 0.25) is 0 Å². The first kappa shape index (κ1) is 26.6. The maximum absolute atomic E-state index is 14.4. The van der Waals surface area contributed by atoms with Crippen molar-refractivity contribution in [2.75, 3.05) is 43.1 Å². The van der Waals surface area contributed by atoms with E-state index in [2.05, 4.69) is 36.7 Å². The topological polar surface area (TPSA) is 141 Å². The summed E-state index contributed by atoms with van der Waals surface area (Å²) in [6.45, 7) is 5.75. The van der Waals surface area contributed by atoms with E-state index in [-0.39, 0.29) is 17.5 Å². The summed E-state index contributed by atoms with van der Waals surface area (Å²) in [6, 6.07) is 13.0. The monoisotopic (exact) mass is 556 g/mol. The molecule has 6 heterocycles. The van der Waals surface area contributed by atoms with Crippen LogP contribution in [-0.2, 0) is 4.74 Å². The molecular formula is C29H29FN8O3. The van der Waals surface area contributed by atoms with Gasteiger partial charge in [0.05, 0.1) is 82.6 Å². The number of amides is 1. The fourth-order valence-corrected chi connectivity index (χ4v) is 4.96. The molecule has 0 aliphatic carbocycles. The third-order valence-electron chi connectivity index (χ3n) is 7.47. The molecule has 12 heteroatoms. The lowest BCUT2D eigenvalue weighted by Gasteiger charge is -2.55. The quantitative estimate of drug-likeness (QED) is 0.299. The summed E-state index contributed by atoms with van der Waals surface area (Å²) in [7, 11) is 0. The number of pyridine rings is 2. The fourth-order valence-electron chi connectivity index (χ4n) is 4.96. The van der Waals surface area contributed by atoms with Crippen LogP contribution >= 0.6 is 0 Å². The van der Waals surface area contributed by atoms with Gasteiger partial charge in [-0.15, -0.1) is 0 Å². The highest BCUT2D eigenvalue weighted by molar-refractivity contribution is 6.00. The molecule has 41 heavy (non-hydrogen) atoms. The molecule has 0 bridgehead atoms. The van der Waals surface area contributed by atoms with Gasteiger partial charge in [0.15, 0.2) is 0 Å². The Labute approximate surface area is 235 Å². The van der Waals surface area contributed by atoms with E-state index in [0.29, 0.717) is 28.3 Å². The van der Waals surface area contributed by atoms with Crippen LogP contribution in [0.1, 0.15) is 29.8 Å². The molecule has 0 saturated carbocycles. The highest BCUT2D eigenvalue weighted by Gasteiger charge is 2.49. The molecule has 1 amide bonds. The van der Waals surface area contributed by atoms with E-state index >= 15 is 0 Å². The molecule has 4 aromatic rings. The number of alkyl halides is 1. The van der Waals surface area contributed by atoms with E-state index in [1.807, 2.05) is 24.3 Å². The van der Waals surface area contributed by atoms with Crippen molar-refractivity contribution in [3.63, 3.8) is 0 Å². The lowest BCUT2D eigenvalue weighted by atomic mass is 9.78. The molecule has 11 nitrogen and oxygen atoms in total. The minimum atomic E-state index is -1.66. The maximum atomic E-state index is 14.4. The largest absolute Gasteiger partial charge is 0.387 e. The van der Waals surface area contributed by atoms with Gasteiger partial charge in [0, 0.05) is 19.3 Å². The predicted octanol–water partition coefficient (Wildman–Crippen LogP) is 3.08. The molecule has 2 aliphatic rings. The van der Waals surface area contributed by atoms with Crippen molar-refractivity contribution in [1.82, 2.24) is 24.9 Å². The van der Waals surface area contributed by atoms with Crippen LogP contribution in [0, 0.1) is 16.7 Å². The van der Waals surface area contributed by atoms with Gasteiger partial charge in [0.25, 0.3) is 5.91 Å². The molecule has 2 saturated heterocycles. The molecule has 3 N–H and O–H groups in total. The number of nitrogens with one attached hydrogen (secondary N) is 2. The number of hydrogen-bond donors (Lipinski definition) is 3. The van der Waals surface area contributed by atoms with Crippen molar-refractivity contribution in [1.29, 1.82) is 5.26 Å². The van der Waals surface area contributed by atoms with E-state index in [4.69, 9.17) is 4.74 Å². The zero-order chi connectivity index (χ0) is 28.8. The van der Waals surface area contributed by atoms with Crippen LogP contribution in [0.5, 0.6) is 0 Å². The summed E-state index contributed by atoms with van der Waals surface area (Å²) in [5, 5.41) is 29.3. The van der Waals surface area contributed by atoms with Crippen LogP contribution in [0.2, 0.25) is 0 Å². The Hall–Kier alpha value is -4.60. The van der Waals surface area contributed by atoms with Gasteiger partial charge >= 0.3 is 0 Å². The van der Waals surface area contributed by atoms with Crippen molar-refractivity contribution in [3.8, 4) is 17.5 Å². The number of carbonyl (C=O) groups excluding carboxylic acids is 1. The molecule has 1 spiro atoms. The van der Waals surface area contributed by atoms with Crippen LogP contribution in [0.3, 0.4) is 0 Å². The van der Waals surface area contributed by atoms with E-state index < -0.39 is 17.7 Å². The highest BCUT2D eigenvalue weighted by atomic mass is 19.1. The third kappa shape index (κ3) is 5.17. The van der Waals surface area contributed by atoms with Crippen LogP contribution < -0.4 is 15.5 Å². The molecule has 2 aliphatic heterocycles. The summed E-state index contributed by atoms with van der Waals surface area (Å²) >= 11 is 0. The minimum Gasteiger partial charge on any atom is -0.387 e. The van der Waals surface area contributed by atoms with Gasteiger partial charge in [-0.3, -0.25) is 9.78 Å². The molecule has 0 aromatic carbocycles. The number of halogens is 1. The Morgan fingerprint density at radius 3 is 2.66 bits per heavy atom. The average molecular weight is 557 g/mol. The van der Waals surface area contributed by atoms with Crippen molar-refractivity contribution in [2.45, 2.75) is 25.6 Å². The summed E-state index contributed by atoms with van der Waals surface area (Å²) in [6.07, 6.45) is 2.92. The Kier molecular flexibility index (Phi) is 6.56. The van der Waals surface area contributed by atoms with Crippen molar-refractivity contribution in [2.24, 2.45) is 5.41 Å². The van der Waals surface area contributed by atoms with E-state index in [9.17, 15) is 19.6 Å². The second-order valence-corrected chi connectivity index (χ2v) is 11.2. The number of fused-ring (bicyclic) bond motifs is 1. The molecular weight excluding hydrogens is 527 g/mol. The summed E-state index contributed by atoms with van der Waals surface area (Å²) in [5.41, 5.74) is 2.29. The zero-order valence-corrected chi connectivity index (χ0v) is 22.6. The highest BCUT2D eigenvalue weighted by Crippen LogP contribution is 2.39. The normalized spacial score (nSPS) is 16.5. The smallest absolute Gasteiger partial charge is 0.255 e. The van der Waals surface area contributed by atoms with Crippen molar-refractivity contribution < 1.29 is 19.0 Å². The number of aromatic nitrogens is 4. The van der Waals surface area contributed by atoms with Gasteiger partial charge < -0.3 is 25.4 Å². The number of carbonyl (C=O) groups is 1. The Morgan fingerprint density at radius 1 is 1.20 bits per heavy atom. The van der Waals surface area contributed by atoms with Gasteiger partial charge in [-0.05, 0) is 50.2 Å². The van der Waals surface area contributed by atoms with E-state index in [1.165, 1.54) is 26.2 Å². The van der Waals surface area contributed by atoms with Gasteiger partial charge in [0.1, 0.15) is 18.1 Å². The second kappa shape index (κ2) is 10.1. The fraction of sp³-hybridized carbons (Fsp3) is 0.345. The van der Waals surface area contributed by atoms with Crippen LogP contribution in [0.15, 0.2) is 55.0 Å². The first-order valence-electron chi connectivity index (χ1n) is 13.2. The van der Waals surface area contributed by atoms with Crippen molar-refractivity contribution >= 4 is 28.6 Å². The van der Waals surface area contributed by atoms with Gasteiger partial charge in [-0.1, -0.05) is 0 Å². The first-order chi connectivity index (χ1) is 19.6. The van der Waals surface area contributed by atoms with E-state index in [0.717, 1.165) is 37.6 Å². The molecule has 0 radical (unpaired) electrons. The third-order valence-corrected chi connectivity index (χ3v) is 7.47. The number of ether oxygens (including phenoxy) is 1. The van der Waals surface area contributed by atoms with Crippen LogP contribution in [-0.4, -0.2) is 75.2 Å². The SMILES string of the molecule is CC(C)(O)[C@H](F)CNC(=O)c1cnc(-c2ccc3cc(C#N)cnn23)cc1Nc1ccc(N2CC3(COC3)C2)nc1. The number of rotatable bonds is 8. The molecule has 6 rings (SSSR count). The lowest BCUT2D eigenvalue weighted by molar-refractivity contribution is -0.127. The molecule has 210 valence electrons. The first-order valence-corrected chi connectivity index (χ1v) is 13.2. The number of nitrogens with zero attached hydrogens (tertiary/aromatic N) is 6. The molecule has 4 aromatic heterocycles. The van der Waals surface area contributed by atoms with E-state index in [1.54, 1.807) is 22.8 Å². The Bertz CT molecular complexity index is 1650. The van der Waals surface area contributed by atoms with Crippen molar-refractivity contribution in [3.05, 3.63) is 66.1 Å². The molecule has 2 fully saturated rings. The average Bonchev–Trinajstić information content (AvgIpc) is 3.33. The minimum absolute atomic E-state index is 0.191. The van der Waals surface area contributed by atoms with Crippen LogP contribution in [0.4, 0.5) is 21.6 Å². The summed E-state index contributed by atoms with van der Waals surface area (Å²) in [5.74, 6) is 0.318. The molecule has 0 unspecified atom stereocenters. The zero-order valence-electron chi connectivity index (χ0n) is 22.6. The standard InChI is InChI=1S/C29H29FN8O3/c1-28(2,40)25(30)13-34-27(39)21-12-32-23(24-5-4-20-7-18(9-31)10-35-38(20)24)8-22(21)36-19-3-6-26(33-11-19)37-14-29(15-37)16-41-17-29/h3-8,10-12,25,40H,13-17H2,1-2H3,(H,32,36)(H,34,39)/t25-/m1/s1. The van der Waals surface area contributed by atoms with Gasteiger partial charge in [-0.25, -0.2) is 13.9 Å². The van der Waals surface area contributed by atoms with Crippen LogP contribution in [0.25, 0.3) is 16.9 Å². The maximum Gasteiger partial charge on any atom is 0.255 e.